The minimum atomic E-state index is -0.377. The molecule has 4 nitrogen and oxygen atoms in total. The maximum Gasteiger partial charge on any atom is 0.220 e. The third-order valence-corrected chi connectivity index (χ3v) is 4.46. The van der Waals surface area contributed by atoms with Gasteiger partial charge in [-0.25, -0.2) is 4.39 Å². The SMILES string of the molecule is Cl.NCC(NC(=O)CCCOc1ccccc1F)C1CCCCC1. The number of amides is 1. The van der Waals surface area contributed by atoms with E-state index in [1.54, 1.807) is 18.2 Å². The van der Waals surface area contributed by atoms with E-state index in [0.717, 1.165) is 12.8 Å². The Bertz CT molecular complexity index is 496. The lowest BCUT2D eigenvalue weighted by molar-refractivity contribution is -0.122. The maximum atomic E-state index is 13.4. The van der Waals surface area contributed by atoms with E-state index in [2.05, 4.69) is 5.32 Å². The fourth-order valence-electron chi connectivity index (χ4n) is 3.16. The summed E-state index contributed by atoms with van der Waals surface area (Å²) < 4.78 is 18.7. The summed E-state index contributed by atoms with van der Waals surface area (Å²) in [5, 5.41) is 3.05. The van der Waals surface area contributed by atoms with Gasteiger partial charge in [0.2, 0.25) is 5.91 Å². The number of carbonyl (C=O) groups excluding carboxylic acids is 1. The number of ether oxygens (including phenoxy) is 1. The highest BCUT2D eigenvalue weighted by molar-refractivity contribution is 5.85. The van der Waals surface area contributed by atoms with Crippen molar-refractivity contribution in [2.45, 2.75) is 51.0 Å². The summed E-state index contributed by atoms with van der Waals surface area (Å²) in [6.45, 7) is 0.813. The standard InChI is InChI=1S/C18H27FN2O2.ClH/c19-15-9-4-5-10-17(15)23-12-6-11-18(22)21-16(13-20)14-7-2-1-3-8-14;/h4-5,9-10,14,16H,1-3,6-8,11-13,20H2,(H,21,22);1H. The van der Waals surface area contributed by atoms with Crippen molar-refractivity contribution in [3.63, 3.8) is 0 Å². The van der Waals surface area contributed by atoms with Crippen molar-refractivity contribution in [2.24, 2.45) is 11.7 Å². The van der Waals surface area contributed by atoms with Crippen LogP contribution in [0.2, 0.25) is 0 Å². The van der Waals surface area contributed by atoms with Crippen LogP contribution in [-0.2, 0) is 4.79 Å². The van der Waals surface area contributed by atoms with Gasteiger partial charge >= 0.3 is 0 Å². The van der Waals surface area contributed by atoms with Gasteiger partial charge in [0.1, 0.15) is 0 Å². The van der Waals surface area contributed by atoms with Crippen LogP contribution in [0.3, 0.4) is 0 Å². The Morgan fingerprint density at radius 3 is 2.67 bits per heavy atom. The van der Waals surface area contributed by atoms with Crippen LogP contribution in [0, 0.1) is 11.7 Å². The lowest BCUT2D eigenvalue weighted by atomic mass is 9.84. The molecule has 1 saturated carbocycles. The van der Waals surface area contributed by atoms with Gasteiger partial charge in [0, 0.05) is 19.0 Å². The molecule has 1 atom stereocenters. The molecule has 1 aromatic rings. The number of nitrogens with two attached hydrogens (primary N) is 1. The minimum absolute atomic E-state index is 0. The molecular weight excluding hydrogens is 331 g/mol. The summed E-state index contributed by atoms with van der Waals surface area (Å²) in [6, 6.07) is 6.37. The van der Waals surface area contributed by atoms with E-state index in [0.29, 0.717) is 31.9 Å². The van der Waals surface area contributed by atoms with Crippen molar-refractivity contribution in [2.75, 3.05) is 13.2 Å². The van der Waals surface area contributed by atoms with E-state index >= 15 is 0 Å². The molecule has 0 heterocycles. The molecule has 3 N–H and O–H groups in total. The van der Waals surface area contributed by atoms with Gasteiger partial charge in [0.25, 0.3) is 0 Å². The van der Waals surface area contributed by atoms with E-state index in [1.165, 1.54) is 25.3 Å². The summed E-state index contributed by atoms with van der Waals surface area (Å²) in [7, 11) is 0. The summed E-state index contributed by atoms with van der Waals surface area (Å²) in [4.78, 5) is 12.0. The number of carbonyl (C=O) groups is 1. The van der Waals surface area contributed by atoms with Gasteiger partial charge in [-0.1, -0.05) is 31.4 Å². The Hall–Kier alpha value is -1.33. The first-order valence-corrected chi connectivity index (χ1v) is 8.57. The Kier molecular flexibility index (Phi) is 9.72. The Morgan fingerprint density at radius 1 is 1.29 bits per heavy atom. The second kappa shape index (κ2) is 11.3. The molecule has 0 radical (unpaired) electrons. The molecule has 0 bridgehead atoms. The van der Waals surface area contributed by atoms with Crippen molar-refractivity contribution in [3.8, 4) is 5.75 Å². The molecule has 1 unspecified atom stereocenters. The molecule has 1 aliphatic carbocycles. The van der Waals surface area contributed by atoms with E-state index in [9.17, 15) is 9.18 Å². The number of para-hydroxylation sites is 1. The van der Waals surface area contributed by atoms with Crippen LogP contribution in [-0.4, -0.2) is 25.1 Å². The topological polar surface area (TPSA) is 64.3 Å². The fourth-order valence-corrected chi connectivity index (χ4v) is 3.16. The Labute approximate surface area is 149 Å². The van der Waals surface area contributed by atoms with E-state index in [1.807, 2.05) is 0 Å². The van der Waals surface area contributed by atoms with E-state index in [-0.39, 0.29) is 35.9 Å². The van der Waals surface area contributed by atoms with Crippen LogP contribution in [0.5, 0.6) is 5.75 Å². The van der Waals surface area contributed by atoms with Crippen molar-refractivity contribution in [1.29, 1.82) is 0 Å². The van der Waals surface area contributed by atoms with Gasteiger partial charge in [-0.3, -0.25) is 4.79 Å². The summed E-state index contributed by atoms with van der Waals surface area (Å²) >= 11 is 0. The monoisotopic (exact) mass is 358 g/mol. The molecular formula is C18H28ClFN2O2. The van der Waals surface area contributed by atoms with Crippen molar-refractivity contribution >= 4 is 18.3 Å². The lowest BCUT2D eigenvalue weighted by Gasteiger charge is -2.30. The van der Waals surface area contributed by atoms with Gasteiger partial charge in [-0.2, -0.15) is 0 Å². The molecule has 136 valence electrons. The average Bonchev–Trinajstić information content (AvgIpc) is 2.59. The molecule has 1 aromatic carbocycles. The highest BCUT2D eigenvalue weighted by Gasteiger charge is 2.23. The zero-order valence-electron chi connectivity index (χ0n) is 14.0. The second-order valence-corrected chi connectivity index (χ2v) is 6.19. The minimum Gasteiger partial charge on any atom is -0.491 e. The fraction of sp³-hybridized carbons (Fsp3) is 0.611. The van der Waals surface area contributed by atoms with Gasteiger partial charge in [-0.05, 0) is 37.3 Å². The second-order valence-electron chi connectivity index (χ2n) is 6.19. The normalized spacial score (nSPS) is 16.1. The molecule has 1 aliphatic rings. The molecule has 0 spiro atoms. The summed E-state index contributed by atoms with van der Waals surface area (Å²) in [5.41, 5.74) is 5.82. The first-order valence-electron chi connectivity index (χ1n) is 8.57. The van der Waals surface area contributed by atoms with Crippen molar-refractivity contribution in [3.05, 3.63) is 30.1 Å². The van der Waals surface area contributed by atoms with E-state index < -0.39 is 0 Å². The molecule has 0 saturated heterocycles. The molecule has 2 rings (SSSR count). The molecule has 0 aromatic heterocycles. The molecule has 0 aliphatic heterocycles. The zero-order chi connectivity index (χ0) is 16.5. The highest BCUT2D eigenvalue weighted by Crippen LogP contribution is 2.26. The van der Waals surface area contributed by atoms with Gasteiger partial charge in [0.15, 0.2) is 11.6 Å². The number of halogens is 2. The number of hydrogen-bond donors (Lipinski definition) is 2. The summed E-state index contributed by atoms with van der Waals surface area (Å²) in [6.07, 6.45) is 6.98. The molecule has 24 heavy (non-hydrogen) atoms. The maximum absolute atomic E-state index is 13.4. The van der Waals surface area contributed by atoms with Gasteiger partial charge in [-0.15, -0.1) is 12.4 Å². The number of hydrogen-bond acceptors (Lipinski definition) is 3. The average molecular weight is 359 g/mol. The lowest BCUT2D eigenvalue weighted by Crippen LogP contribution is -2.45. The molecule has 1 fully saturated rings. The summed E-state index contributed by atoms with van der Waals surface area (Å²) in [5.74, 6) is 0.364. The van der Waals surface area contributed by atoms with Crippen LogP contribution >= 0.6 is 12.4 Å². The Morgan fingerprint density at radius 2 is 2.00 bits per heavy atom. The third-order valence-electron chi connectivity index (χ3n) is 4.46. The predicted molar refractivity (Wildman–Crippen MR) is 95.9 cm³/mol. The van der Waals surface area contributed by atoms with Crippen LogP contribution in [0.1, 0.15) is 44.9 Å². The quantitative estimate of drug-likeness (QED) is 0.700. The molecule has 1 amide bonds. The van der Waals surface area contributed by atoms with Crippen LogP contribution < -0.4 is 15.8 Å². The predicted octanol–water partition coefficient (Wildman–Crippen LogP) is 3.43. The van der Waals surface area contributed by atoms with Gasteiger partial charge in [0.05, 0.1) is 6.61 Å². The number of rotatable bonds is 8. The van der Waals surface area contributed by atoms with Crippen molar-refractivity contribution in [1.82, 2.24) is 5.32 Å². The van der Waals surface area contributed by atoms with Crippen LogP contribution in [0.25, 0.3) is 0 Å². The molecule has 6 heteroatoms. The van der Waals surface area contributed by atoms with Gasteiger partial charge < -0.3 is 15.8 Å². The Balaban J connectivity index is 0.00000288. The van der Waals surface area contributed by atoms with Crippen molar-refractivity contribution < 1.29 is 13.9 Å². The largest absolute Gasteiger partial charge is 0.491 e. The van der Waals surface area contributed by atoms with Crippen LogP contribution in [0.4, 0.5) is 4.39 Å². The first kappa shape index (κ1) is 20.7. The number of benzene rings is 1. The van der Waals surface area contributed by atoms with E-state index in [4.69, 9.17) is 10.5 Å². The smallest absolute Gasteiger partial charge is 0.220 e. The number of nitrogens with one attached hydrogen (secondary N) is 1. The van der Waals surface area contributed by atoms with Crippen LogP contribution in [0.15, 0.2) is 24.3 Å². The first-order chi connectivity index (χ1) is 11.2. The highest BCUT2D eigenvalue weighted by atomic mass is 35.5. The zero-order valence-corrected chi connectivity index (χ0v) is 14.8. The third kappa shape index (κ3) is 6.65.